The number of hydrogen-bond donors (Lipinski definition) is 1. The highest BCUT2D eigenvalue weighted by molar-refractivity contribution is 5.94. The zero-order valence-corrected chi connectivity index (χ0v) is 14.5. The molecule has 1 N–H and O–H groups in total. The maximum absolute atomic E-state index is 12.4. The highest BCUT2D eigenvalue weighted by Crippen LogP contribution is 2.31. The highest BCUT2D eigenvalue weighted by Gasteiger charge is 2.31. The third kappa shape index (κ3) is 4.19. The van der Waals surface area contributed by atoms with Gasteiger partial charge in [-0.1, -0.05) is 12.8 Å². The average molecular weight is 335 g/mol. The van der Waals surface area contributed by atoms with E-state index in [1.807, 2.05) is 0 Å². The molecule has 0 saturated heterocycles. The van der Waals surface area contributed by atoms with Crippen molar-refractivity contribution in [3.05, 3.63) is 23.8 Å². The lowest BCUT2D eigenvalue weighted by Gasteiger charge is -2.29. The minimum Gasteiger partial charge on any atom is -0.493 e. The lowest BCUT2D eigenvalue weighted by Crippen LogP contribution is -2.37. The summed E-state index contributed by atoms with van der Waals surface area (Å²) in [5.41, 5.74) is 0.498. The summed E-state index contributed by atoms with van der Waals surface area (Å²) in [5, 5.41) is 2.92. The molecule has 0 spiro atoms. The van der Waals surface area contributed by atoms with E-state index < -0.39 is 0 Å². The molecule has 132 valence electrons. The summed E-state index contributed by atoms with van der Waals surface area (Å²) >= 11 is 0. The second-order valence-corrected chi connectivity index (χ2v) is 5.95. The van der Waals surface area contributed by atoms with Crippen molar-refractivity contribution in [2.45, 2.75) is 25.7 Å². The molecule has 1 aromatic rings. The molecule has 0 aromatic heterocycles. The molecule has 0 bridgehead atoms. The predicted octanol–water partition coefficient (Wildman–Crippen LogP) is 2.41. The molecule has 1 aliphatic rings. The van der Waals surface area contributed by atoms with E-state index >= 15 is 0 Å². The van der Waals surface area contributed by atoms with E-state index in [1.165, 1.54) is 14.2 Å². The number of hydrogen-bond acceptors (Lipinski definition) is 5. The molecule has 2 atom stereocenters. The monoisotopic (exact) mass is 335 g/mol. The Labute approximate surface area is 142 Å². The summed E-state index contributed by atoms with van der Waals surface area (Å²) in [6.45, 7) is 0.465. The molecular formula is C18H25NO5. The van der Waals surface area contributed by atoms with Gasteiger partial charge in [-0.25, -0.2) is 0 Å². The van der Waals surface area contributed by atoms with Crippen molar-refractivity contribution in [1.82, 2.24) is 5.32 Å². The lowest BCUT2D eigenvalue weighted by atomic mass is 9.79. The van der Waals surface area contributed by atoms with Crippen LogP contribution in [-0.4, -0.2) is 39.8 Å². The van der Waals surface area contributed by atoms with Gasteiger partial charge in [0.05, 0.1) is 27.2 Å². The average Bonchev–Trinajstić information content (AvgIpc) is 2.64. The first-order valence-electron chi connectivity index (χ1n) is 8.18. The van der Waals surface area contributed by atoms with E-state index in [4.69, 9.17) is 14.2 Å². The van der Waals surface area contributed by atoms with Crippen LogP contribution in [0.3, 0.4) is 0 Å². The summed E-state index contributed by atoms with van der Waals surface area (Å²) in [6, 6.07) is 5.04. The number of esters is 1. The molecule has 1 saturated carbocycles. The molecule has 0 heterocycles. The SMILES string of the molecule is COC(=O)C1CCCCC1CNC(=O)c1ccc(OC)c(OC)c1. The summed E-state index contributed by atoms with van der Waals surface area (Å²) in [6.07, 6.45) is 3.85. The van der Waals surface area contributed by atoms with Crippen LogP contribution >= 0.6 is 0 Å². The number of benzene rings is 1. The van der Waals surface area contributed by atoms with Gasteiger partial charge in [0.1, 0.15) is 0 Å². The molecule has 1 aromatic carbocycles. The minimum absolute atomic E-state index is 0.121. The van der Waals surface area contributed by atoms with Crippen LogP contribution in [0.1, 0.15) is 36.0 Å². The second-order valence-electron chi connectivity index (χ2n) is 5.95. The van der Waals surface area contributed by atoms with E-state index in [0.717, 1.165) is 25.7 Å². The van der Waals surface area contributed by atoms with Crippen LogP contribution in [0.25, 0.3) is 0 Å². The molecule has 6 nitrogen and oxygen atoms in total. The number of rotatable bonds is 6. The van der Waals surface area contributed by atoms with Gasteiger partial charge in [-0.05, 0) is 37.0 Å². The fraction of sp³-hybridized carbons (Fsp3) is 0.556. The van der Waals surface area contributed by atoms with Crippen molar-refractivity contribution < 1.29 is 23.8 Å². The van der Waals surface area contributed by atoms with E-state index in [9.17, 15) is 9.59 Å². The maximum Gasteiger partial charge on any atom is 0.309 e. The van der Waals surface area contributed by atoms with E-state index in [1.54, 1.807) is 25.3 Å². The molecule has 0 radical (unpaired) electrons. The van der Waals surface area contributed by atoms with Crippen molar-refractivity contribution in [2.24, 2.45) is 11.8 Å². The van der Waals surface area contributed by atoms with Crippen LogP contribution in [0, 0.1) is 11.8 Å². The third-order valence-corrected chi connectivity index (χ3v) is 4.58. The summed E-state index contributed by atoms with van der Waals surface area (Å²) in [4.78, 5) is 24.3. The molecule has 1 amide bonds. The zero-order valence-electron chi connectivity index (χ0n) is 14.5. The number of ether oxygens (including phenoxy) is 3. The van der Waals surface area contributed by atoms with Crippen LogP contribution < -0.4 is 14.8 Å². The van der Waals surface area contributed by atoms with Gasteiger partial charge >= 0.3 is 5.97 Å². The Kier molecular flexibility index (Phi) is 6.46. The van der Waals surface area contributed by atoms with Crippen LogP contribution in [-0.2, 0) is 9.53 Å². The van der Waals surface area contributed by atoms with Gasteiger partial charge < -0.3 is 19.5 Å². The lowest BCUT2D eigenvalue weighted by molar-refractivity contribution is -0.148. The van der Waals surface area contributed by atoms with Crippen molar-refractivity contribution >= 4 is 11.9 Å². The van der Waals surface area contributed by atoms with Crippen LogP contribution in [0.2, 0.25) is 0 Å². The van der Waals surface area contributed by atoms with Crippen LogP contribution in [0.5, 0.6) is 11.5 Å². The standard InChI is InChI=1S/C18H25NO5/c1-22-15-9-8-12(10-16(15)23-2)17(20)19-11-13-6-4-5-7-14(13)18(21)24-3/h8-10,13-14H,4-7,11H2,1-3H3,(H,19,20). The van der Waals surface area contributed by atoms with Gasteiger partial charge in [0, 0.05) is 12.1 Å². The molecule has 6 heteroatoms. The van der Waals surface area contributed by atoms with Gasteiger partial charge in [0.15, 0.2) is 11.5 Å². The summed E-state index contributed by atoms with van der Waals surface area (Å²) < 4.78 is 15.3. The summed E-state index contributed by atoms with van der Waals surface area (Å²) in [7, 11) is 4.49. The van der Waals surface area contributed by atoms with Gasteiger partial charge in [0.2, 0.25) is 0 Å². The Morgan fingerprint density at radius 3 is 2.46 bits per heavy atom. The minimum atomic E-state index is -0.190. The molecule has 24 heavy (non-hydrogen) atoms. The first-order chi connectivity index (χ1) is 11.6. The van der Waals surface area contributed by atoms with Gasteiger partial charge in [0.25, 0.3) is 5.91 Å². The third-order valence-electron chi connectivity index (χ3n) is 4.58. The maximum atomic E-state index is 12.4. The van der Waals surface area contributed by atoms with Crippen LogP contribution in [0.4, 0.5) is 0 Å². The van der Waals surface area contributed by atoms with Crippen LogP contribution in [0.15, 0.2) is 18.2 Å². The van der Waals surface area contributed by atoms with Gasteiger partial charge in [-0.2, -0.15) is 0 Å². The first-order valence-corrected chi connectivity index (χ1v) is 8.18. The quantitative estimate of drug-likeness (QED) is 0.808. The highest BCUT2D eigenvalue weighted by atomic mass is 16.5. The number of amides is 1. The molecule has 2 unspecified atom stereocenters. The van der Waals surface area contributed by atoms with E-state index in [-0.39, 0.29) is 23.7 Å². The van der Waals surface area contributed by atoms with Gasteiger partial charge in [-0.3, -0.25) is 9.59 Å². The fourth-order valence-corrected chi connectivity index (χ4v) is 3.22. The van der Waals surface area contributed by atoms with Crippen molar-refractivity contribution in [1.29, 1.82) is 0 Å². The number of methoxy groups -OCH3 is 3. The second kappa shape index (κ2) is 8.57. The Morgan fingerprint density at radius 2 is 1.79 bits per heavy atom. The van der Waals surface area contributed by atoms with Crippen molar-refractivity contribution in [2.75, 3.05) is 27.9 Å². The van der Waals surface area contributed by atoms with E-state index in [0.29, 0.717) is 23.6 Å². The van der Waals surface area contributed by atoms with Gasteiger partial charge in [-0.15, -0.1) is 0 Å². The predicted molar refractivity (Wildman–Crippen MR) is 89.3 cm³/mol. The summed E-state index contributed by atoms with van der Waals surface area (Å²) in [5.74, 6) is 0.706. The fourth-order valence-electron chi connectivity index (χ4n) is 3.22. The molecular weight excluding hydrogens is 310 g/mol. The Bertz CT molecular complexity index is 587. The zero-order chi connectivity index (χ0) is 17.5. The normalized spacial score (nSPS) is 20.1. The number of nitrogens with one attached hydrogen (secondary N) is 1. The van der Waals surface area contributed by atoms with Crippen molar-refractivity contribution in [3.63, 3.8) is 0 Å². The molecule has 1 aliphatic carbocycles. The largest absolute Gasteiger partial charge is 0.493 e. The number of carbonyl (C=O) groups excluding carboxylic acids is 2. The molecule has 2 rings (SSSR count). The first kappa shape index (κ1) is 18.1. The van der Waals surface area contributed by atoms with E-state index in [2.05, 4.69) is 5.32 Å². The molecule has 0 aliphatic heterocycles. The number of carbonyl (C=O) groups is 2. The Hall–Kier alpha value is -2.24. The van der Waals surface area contributed by atoms with Crippen molar-refractivity contribution in [3.8, 4) is 11.5 Å². The molecule has 1 fully saturated rings. The topological polar surface area (TPSA) is 73.9 Å². The Balaban J connectivity index is 2.00. The smallest absolute Gasteiger partial charge is 0.309 e. The Morgan fingerprint density at radius 1 is 1.08 bits per heavy atom.